The van der Waals surface area contributed by atoms with Crippen molar-refractivity contribution in [1.29, 1.82) is 0 Å². The van der Waals surface area contributed by atoms with Crippen LogP contribution in [-0.2, 0) is 4.74 Å². The Morgan fingerprint density at radius 2 is 2.05 bits per heavy atom. The third kappa shape index (κ3) is 5.50. The predicted octanol–water partition coefficient (Wildman–Crippen LogP) is 2.32. The van der Waals surface area contributed by atoms with Crippen molar-refractivity contribution in [2.45, 2.75) is 40.2 Å². The van der Waals surface area contributed by atoms with E-state index in [-0.39, 0.29) is 30.0 Å². The molecule has 1 N–H and O–H groups in total. The van der Waals surface area contributed by atoms with Crippen molar-refractivity contribution in [1.82, 2.24) is 9.97 Å². The Bertz CT molecular complexity index is 479. The zero-order chi connectivity index (χ0) is 15.8. The predicted molar refractivity (Wildman–Crippen MR) is 78.8 cm³/mol. The number of nitrogens with zero attached hydrogens (tertiary/aromatic N) is 3. The van der Waals surface area contributed by atoms with Crippen molar-refractivity contribution in [3.8, 4) is 5.88 Å². The average molecular weight is 298 g/mol. The molecule has 1 aromatic rings. The molecule has 0 aliphatic rings. The van der Waals surface area contributed by atoms with Crippen LogP contribution in [0, 0.1) is 17.0 Å². The van der Waals surface area contributed by atoms with E-state index in [1.165, 1.54) is 0 Å². The van der Waals surface area contributed by atoms with Gasteiger partial charge < -0.3 is 14.8 Å². The summed E-state index contributed by atoms with van der Waals surface area (Å²) in [6.45, 7) is 8.61. The highest BCUT2D eigenvalue weighted by Crippen LogP contribution is 2.28. The summed E-state index contributed by atoms with van der Waals surface area (Å²) in [5.74, 6) is 0.304. The minimum Gasteiger partial charge on any atom is -0.470 e. The smallest absolute Gasteiger partial charge is 0.352 e. The van der Waals surface area contributed by atoms with E-state index >= 15 is 0 Å². The van der Waals surface area contributed by atoms with Gasteiger partial charge in [0.05, 0.1) is 17.6 Å². The van der Waals surface area contributed by atoms with E-state index in [1.807, 2.05) is 20.8 Å². The highest BCUT2D eigenvalue weighted by Gasteiger charge is 2.23. The van der Waals surface area contributed by atoms with Gasteiger partial charge in [-0.25, -0.2) is 4.98 Å². The molecule has 1 heterocycles. The second kappa shape index (κ2) is 8.35. The van der Waals surface area contributed by atoms with Crippen LogP contribution >= 0.6 is 0 Å². The lowest BCUT2D eigenvalue weighted by molar-refractivity contribution is -0.387. The number of ether oxygens (including phenoxy) is 2. The number of aryl methyl sites for hydroxylation is 1. The van der Waals surface area contributed by atoms with Gasteiger partial charge in [-0.1, -0.05) is 6.92 Å². The van der Waals surface area contributed by atoms with Crippen LogP contribution in [-0.4, -0.2) is 40.8 Å². The zero-order valence-corrected chi connectivity index (χ0v) is 12.9. The first-order chi connectivity index (χ1) is 9.95. The van der Waals surface area contributed by atoms with E-state index in [9.17, 15) is 10.1 Å². The Morgan fingerprint density at radius 3 is 2.62 bits per heavy atom. The fourth-order valence-corrected chi connectivity index (χ4v) is 1.59. The maximum atomic E-state index is 11.1. The van der Waals surface area contributed by atoms with Crippen molar-refractivity contribution in [2.24, 2.45) is 0 Å². The largest absolute Gasteiger partial charge is 0.470 e. The van der Waals surface area contributed by atoms with E-state index in [0.717, 1.165) is 6.42 Å². The number of rotatable bonds is 9. The van der Waals surface area contributed by atoms with Crippen molar-refractivity contribution in [2.75, 3.05) is 25.1 Å². The van der Waals surface area contributed by atoms with Crippen molar-refractivity contribution in [3.63, 3.8) is 0 Å². The standard InChI is InChI=1S/C13H22N4O4/c1-5-6-14-13-15-10(4)11(17(18)19)12(16-13)21-8-7-20-9(2)3/h9H,5-8H2,1-4H3,(H,14,15,16). The zero-order valence-electron chi connectivity index (χ0n) is 12.9. The van der Waals surface area contributed by atoms with Crippen molar-refractivity contribution < 1.29 is 14.4 Å². The minimum atomic E-state index is -0.530. The average Bonchev–Trinajstić information content (AvgIpc) is 2.40. The van der Waals surface area contributed by atoms with Gasteiger partial charge >= 0.3 is 5.69 Å². The molecule has 0 unspecified atom stereocenters. The van der Waals surface area contributed by atoms with Gasteiger partial charge in [0, 0.05) is 6.54 Å². The highest BCUT2D eigenvalue weighted by atomic mass is 16.6. The first-order valence-electron chi connectivity index (χ1n) is 6.97. The van der Waals surface area contributed by atoms with E-state index in [4.69, 9.17) is 9.47 Å². The molecule has 118 valence electrons. The first kappa shape index (κ1) is 17.1. The van der Waals surface area contributed by atoms with Gasteiger partial charge in [-0.05, 0) is 27.2 Å². The third-order valence-corrected chi connectivity index (χ3v) is 2.52. The summed E-state index contributed by atoms with van der Waals surface area (Å²) in [6, 6.07) is 0. The molecule has 1 rings (SSSR count). The Morgan fingerprint density at radius 1 is 1.33 bits per heavy atom. The molecule has 0 bridgehead atoms. The number of aromatic nitrogens is 2. The topological polar surface area (TPSA) is 99.4 Å². The second-order valence-electron chi connectivity index (χ2n) is 4.74. The fourth-order valence-electron chi connectivity index (χ4n) is 1.59. The van der Waals surface area contributed by atoms with Gasteiger partial charge in [-0.3, -0.25) is 10.1 Å². The van der Waals surface area contributed by atoms with Crippen LogP contribution in [0.15, 0.2) is 0 Å². The molecule has 0 aliphatic carbocycles. The highest BCUT2D eigenvalue weighted by molar-refractivity contribution is 5.48. The minimum absolute atomic E-state index is 0.0292. The summed E-state index contributed by atoms with van der Waals surface area (Å²) in [6.07, 6.45) is 0.982. The Balaban J connectivity index is 2.85. The quantitative estimate of drug-likeness (QED) is 0.424. The van der Waals surface area contributed by atoms with E-state index in [1.54, 1.807) is 6.92 Å². The summed E-state index contributed by atoms with van der Waals surface area (Å²) >= 11 is 0. The number of hydrogen-bond acceptors (Lipinski definition) is 7. The molecule has 0 aliphatic heterocycles. The van der Waals surface area contributed by atoms with Crippen LogP contribution < -0.4 is 10.1 Å². The molecule has 0 radical (unpaired) electrons. The number of anilines is 1. The van der Waals surface area contributed by atoms with Gasteiger partial charge in [0.2, 0.25) is 5.95 Å². The number of nitro groups is 1. The summed E-state index contributed by atoms with van der Waals surface area (Å²) in [4.78, 5) is 18.7. The maximum Gasteiger partial charge on any atom is 0.352 e. The molecular formula is C13H22N4O4. The molecule has 0 atom stereocenters. The summed E-state index contributed by atoms with van der Waals surface area (Å²) in [5.41, 5.74) is 0.0648. The van der Waals surface area contributed by atoms with Crippen LogP contribution in [0.1, 0.15) is 32.9 Å². The lowest BCUT2D eigenvalue weighted by Gasteiger charge is -2.11. The lowest BCUT2D eigenvalue weighted by Crippen LogP contribution is -2.14. The number of nitrogens with one attached hydrogen (secondary N) is 1. The van der Waals surface area contributed by atoms with E-state index in [0.29, 0.717) is 19.1 Å². The molecule has 8 heteroatoms. The Hall–Kier alpha value is -1.96. The Labute approximate surface area is 124 Å². The van der Waals surface area contributed by atoms with Gasteiger partial charge in [0.1, 0.15) is 12.3 Å². The van der Waals surface area contributed by atoms with Gasteiger partial charge in [-0.15, -0.1) is 0 Å². The third-order valence-electron chi connectivity index (χ3n) is 2.52. The van der Waals surface area contributed by atoms with Crippen LogP contribution in [0.4, 0.5) is 11.6 Å². The lowest BCUT2D eigenvalue weighted by atomic mass is 10.3. The van der Waals surface area contributed by atoms with Crippen molar-refractivity contribution >= 4 is 11.6 Å². The first-order valence-corrected chi connectivity index (χ1v) is 6.97. The molecule has 21 heavy (non-hydrogen) atoms. The molecule has 0 saturated heterocycles. The van der Waals surface area contributed by atoms with E-state index in [2.05, 4.69) is 15.3 Å². The van der Waals surface area contributed by atoms with Crippen molar-refractivity contribution in [3.05, 3.63) is 15.8 Å². The van der Waals surface area contributed by atoms with Gasteiger partial charge in [0.15, 0.2) is 0 Å². The maximum absolute atomic E-state index is 11.1. The summed E-state index contributed by atoms with van der Waals surface area (Å²) < 4.78 is 10.7. The molecule has 0 spiro atoms. The normalized spacial score (nSPS) is 10.7. The SMILES string of the molecule is CCCNc1nc(C)c([N+](=O)[O-])c(OCCOC(C)C)n1. The summed E-state index contributed by atoms with van der Waals surface area (Å²) in [5, 5.41) is 14.1. The van der Waals surface area contributed by atoms with Crippen LogP contribution in [0.5, 0.6) is 5.88 Å². The fraction of sp³-hybridized carbons (Fsp3) is 0.692. The van der Waals surface area contributed by atoms with Crippen LogP contribution in [0.3, 0.4) is 0 Å². The van der Waals surface area contributed by atoms with Crippen LogP contribution in [0.25, 0.3) is 0 Å². The molecule has 0 fully saturated rings. The van der Waals surface area contributed by atoms with Gasteiger partial charge in [0.25, 0.3) is 5.88 Å². The van der Waals surface area contributed by atoms with Gasteiger partial charge in [-0.2, -0.15) is 4.98 Å². The molecule has 8 nitrogen and oxygen atoms in total. The molecule has 0 saturated carbocycles. The van der Waals surface area contributed by atoms with E-state index < -0.39 is 4.92 Å². The van der Waals surface area contributed by atoms with Crippen LogP contribution in [0.2, 0.25) is 0 Å². The molecule has 0 aromatic carbocycles. The Kier molecular flexibility index (Phi) is 6.80. The monoisotopic (exact) mass is 298 g/mol. The molecule has 1 aromatic heterocycles. The number of hydrogen-bond donors (Lipinski definition) is 1. The molecule has 0 amide bonds. The summed E-state index contributed by atoms with van der Waals surface area (Å²) in [7, 11) is 0. The second-order valence-corrected chi connectivity index (χ2v) is 4.74. The molecular weight excluding hydrogens is 276 g/mol.